The molecule has 5 fully saturated rings. The van der Waals surface area contributed by atoms with Crippen LogP contribution in [0.4, 0.5) is 29.7 Å². The first-order valence-corrected chi connectivity index (χ1v) is 50.5. The van der Waals surface area contributed by atoms with Crippen molar-refractivity contribution in [3.63, 3.8) is 0 Å². The molecule has 0 radical (unpaired) electrons. The lowest BCUT2D eigenvalue weighted by Crippen LogP contribution is -2.47. The van der Waals surface area contributed by atoms with E-state index in [1.165, 1.54) is 64.6 Å². The van der Waals surface area contributed by atoms with E-state index in [-0.39, 0.29) is 57.2 Å². The molecule has 0 saturated carbocycles. The number of carboxylic acids is 1. The van der Waals surface area contributed by atoms with Crippen molar-refractivity contribution in [1.82, 2.24) is 83.8 Å². The fourth-order valence-electron chi connectivity index (χ4n) is 18.9. The van der Waals surface area contributed by atoms with E-state index in [0.717, 1.165) is 249 Å². The van der Waals surface area contributed by atoms with E-state index < -0.39 is 15.8 Å². The SMILES string of the molecule is CCOC(=O)Cc1sc(Cc2nc(C)cc(C)n2)nc1-c1ccccc1.Cc1cc(C)nc(Cc2nc(-c3ccccc3)c(CC(=O)O)s2)n1.O=c1[nH]c(CS(=O)(=O)c2ccccc2)nc2sc3c(c12)CCCC3.O=c1cccc2n1CC1CC2CN(c2nc(Cl)nc(NCCN3CCOCC3)n2)C1.O=c1cccc2n1CC1CC2CN(c2nc(N3CCCC3)nc(N3CCCC3)n2)C1. The third-order valence-electron chi connectivity index (χ3n) is 24.8. The standard InChI is InChI=1S/C22H29N7O.C20H26ClN7O2.C20H21N3O2S.C18H17N3O2S.C17H16N2O3S2/c30-19-7-5-6-18-17-12-16(14-29(18)19)13-28(15-17)22-24-20(26-8-1-2-9-26)23-21(25-22)27-10-3-4-11-27;21-18-23-19(22-4-5-26-6-8-30-9-7-26)25-20(24-18)27-11-14-10-15(13-27)16-2-1-3-17(29)28(16)12-14;1-4-25-19(24)11-16-20(15-8-6-5-7-9-15)23-18(26-16)12-17-21-13(2)10-14(3)22-17;1-11-8-12(2)20-15(19-11)10-16-21-18(13-6-4-3-5-7-13)14(24-16)9-17(22)23;20-16-15-12-8-4-5-9-13(12)23-17(15)19-14(18-16)10-24(21,22)11-6-2-1-3-7-11/h5-7,16-17H,1-4,8-15H2;1-3,14-15H,4-13H2,(H,22,23,24,25);5-10H,4,11-12H2,1-3H3;3-8H,9-10H2,1-2H3,(H,22,23);1-3,6-7H,4-5,8-10H2,(H,18,19,20). The number of H-pyrrole nitrogens is 1. The van der Waals surface area contributed by atoms with E-state index in [2.05, 4.69) is 91.8 Å². The number of sulfone groups is 1. The normalized spacial score (nSPS) is 17.7. The van der Waals surface area contributed by atoms with Gasteiger partial charge >= 0.3 is 11.9 Å². The van der Waals surface area contributed by atoms with Crippen LogP contribution in [0.25, 0.3) is 32.7 Å². The van der Waals surface area contributed by atoms with Gasteiger partial charge in [0.05, 0.1) is 67.2 Å². The summed E-state index contributed by atoms with van der Waals surface area (Å²) in [6.07, 6.45) is 12.4. The number of hydrogen-bond donors (Lipinski definition) is 3. The zero-order chi connectivity index (χ0) is 92.9. The van der Waals surface area contributed by atoms with Gasteiger partial charge in [0, 0.05) is 176 Å². The van der Waals surface area contributed by atoms with Crippen molar-refractivity contribution in [3.8, 4) is 22.5 Å². The Labute approximate surface area is 793 Å². The first-order chi connectivity index (χ1) is 65.0. The number of carboxylic acid groups (broad SMARTS) is 1. The van der Waals surface area contributed by atoms with Crippen LogP contribution >= 0.6 is 45.6 Å². The summed E-state index contributed by atoms with van der Waals surface area (Å²) in [6, 6.07) is 42.9. The van der Waals surface area contributed by atoms with Crippen molar-refractivity contribution in [2.45, 2.75) is 160 Å². The second-order valence-electron chi connectivity index (χ2n) is 34.9. The number of thiazole rings is 2. The number of rotatable bonds is 22. The maximum atomic E-state index is 12.5. The van der Waals surface area contributed by atoms with E-state index in [9.17, 15) is 32.4 Å². The van der Waals surface area contributed by atoms with Gasteiger partial charge in [-0.1, -0.05) is 91.0 Å². The van der Waals surface area contributed by atoms with Crippen LogP contribution in [0.3, 0.4) is 0 Å². The Bertz CT molecular complexity index is 6570. The summed E-state index contributed by atoms with van der Waals surface area (Å²) in [5.41, 5.74) is 10.6. The Balaban J connectivity index is 0.000000117. The molecule has 698 valence electrons. The van der Waals surface area contributed by atoms with Crippen molar-refractivity contribution in [1.29, 1.82) is 0 Å². The molecule has 4 atom stereocenters. The summed E-state index contributed by atoms with van der Waals surface area (Å²) >= 11 is 10.7. The highest BCUT2D eigenvalue weighted by Gasteiger charge is 2.39. The molecule has 4 bridgehead atoms. The van der Waals surface area contributed by atoms with Crippen LogP contribution in [0.5, 0.6) is 0 Å². The summed E-state index contributed by atoms with van der Waals surface area (Å²) in [5, 5.41) is 15.0. The number of aromatic nitrogens is 16. The second kappa shape index (κ2) is 43.1. The Hall–Kier alpha value is -12.1. The molecule has 4 unspecified atom stereocenters. The van der Waals surface area contributed by atoms with Crippen LogP contribution in [0.2, 0.25) is 5.28 Å². The number of benzene rings is 3. The van der Waals surface area contributed by atoms with Gasteiger partial charge in [0.25, 0.3) is 16.7 Å². The lowest BCUT2D eigenvalue weighted by molar-refractivity contribution is -0.142. The van der Waals surface area contributed by atoms with Crippen molar-refractivity contribution in [2.75, 3.05) is 123 Å². The fourth-order valence-corrected chi connectivity index (χ4v) is 23.8. The first-order valence-electron chi connectivity index (χ1n) is 46.0. The number of halogens is 1. The molecule has 0 spiro atoms. The van der Waals surface area contributed by atoms with Crippen molar-refractivity contribution in [3.05, 3.63) is 258 Å². The van der Waals surface area contributed by atoms with Gasteiger partial charge in [0.2, 0.25) is 35.0 Å². The summed E-state index contributed by atoms with van der Waals surface area (Å²) < 4.78 is 39.4. The molecule has 37 heteroatoms. The summed E-state index contributed by atoms with van der Waals surface area (Å²) in [4.78, 5) is 138. The number of morpholine rings is 1. The van der Waals surface area contributed by atoms with Crippen molar-refractivity contribution < 1.29 is 32.6 Å². The monoisotopic (exact) mass is 1900 g/mol. The van der Waals surface area contributed by atoms with Crippen LogP contribution in [0, 0.1) is 39.5 Å². The number of aliphatic carboxylic acids is 1. The minimum atomic E-state index is -3.53. The molecule has 13 aromatic rings. The topological polar surface area (TPSA) is 380 Å². The number of ether oxygens (including phenoxy) is 2. The molecule has 32 nitrogen and oxygen atoms in total. The molecule has 134 heavy (non-hydrogen) atoms. The van der Waals surface area contributed by atoms with E-state index in [1.54, 1.807) is 42.5 Å². The van der Waals surface area contributed by atoms with Crippen molar-refractivity contribution in [2.24, 2.45) is 11.8 Å². The predicted octanol–water partition coefficient (Wildman–Crippen LogP) is 13.1. The average molecular weight is 1910 g/mol. The molecule has 8 aliphatic rings. The Morgan fingerprint density at radius 3 is 1.54 bits per heavy atom. The zero-order valence-corrected chi connectivity index (χ0v) is 79.8. The third-order valence-corrected chi connectivity index (χ3v) is 29.9. The summed E-state index contributed by atoms with van der Waals surface area (Å²) in [5.74, 6) is 5.37. The molecule has 21 rings (SSSR count). The second-order valence-corrected chi connectivity index (χ2v) is 40.7. The molecule has 17 heterocycles. The van der Waals surface area contributed by atoms with Gasteiger partial charge in [0.1, 0.15) is 38.1 Å². The molecule has 10 aromatic heterocycles. The number of aromatic amines is 1. The number of carbonyl (C=O) groups is 2. The molecule has 3 aromatic carbocycles. The van der Waals surface area contributed by atoms with Gasteiger partial charge in [-0.2, -0.15) is 29.9 Å². The largest absolute Gasteiger partial charge is 0.481 e. The van der Waals surface area contributed by atoms with Crippen molar-refractivity contribution >= 4 is 107 Å². The van der Waals surface area contributed by atoms with Crippen LogP contribution in [-0.4, -0.2) is 208 Å². The van der Waals surface area contributed by atoms with Gasteiger partial charge in [-0.05, 0) is 164 Å². The molecule has 1 aliphatic carbocycles. The number of thiophene rings is 1. The first kappa shape index (κ1) is 93.7. The van der Waals surface area contributed by atoms with Crippen LogP contribution in [0.15, 0.2) is 159 Å². The average Bonchev–Trinajstić information content (AvgIpc) is 1.36. The summed E-state index contributed by atoms with van der Waals surface area (Å²) in [6.45, 7) is 24.1. The smallest absolute Gasteiger partial charge is 0.311 e. The van der Waals surface area contributed by atoms with Crippen LogP contribution < -0.4 is 41.6 Å². The van der Waals surface area contributed by atoms with E-state index in [1.807, 2.05) is 129 Å². The molecular formula is C97H109ClN22O10S4. The van der Waals surface area contributed by atoms with Gasteiger partial charge in [-0.3, -0.25) is 28.9 Å². The number of fused-ring (bicyclic) bond motifs is 11. The number of carbonyl (C=O) groups excluding carboxylic acids is 1. The minimum absolute atomic E-state index is 0.0321. The number of aryl methyl sites for hydroxylation is 6. The lowest BCUT2D eigenvalue weighted by Gasteiger charge is -2.42. The maximum Gasteiger partial charge on any atom is 0.311 e. The van der Waals surface area contributed by atoms with Crippen LogP contribution in [0.1, 0.15) is 152 Å². The van der Waals surface area contributed by atoms with E-state index in [0.29, 0.717) is 71.1 Å². The van der Waals surface area contributed by atoms with Gasteiger partial charge < -0.3 is 53.6 Å². The number of esters is 1. The number of piperidine rings is 2. The number of pyridine rings is 2. The van der Waals surface area contributed by atoms with Gasteiger partial charge in [-0.15, -0.1) is 34.0 Å². The Morgan fingerprint density at radius 1 is 0.537 bits per heavy atom. The lowest BCUT2D eigenvalue weighted by atomic mass is 9.83. The minimum Gasteiger partial charge on any atom is -0.481 e. The predicted molar refractivity (Wildman–Crippen MR) is 520 cm³/mol. The number of nitrogens with one attached hydrogen (secondary N) is 2. The Morgan fingerprint density at radius 2 is 1.03 bits per heavy atom. The van der Waals surface area contributed by atoms with E-state index >= 15 is 0 Å². The Kier molecular flexibility index (Phi) is 30.1. The quantitative estimate of drug-likeness (QED) is 0.0530. The molecular weight excluding hydrogens is 1800 g/mol. The molecule has 5 saturated heterocycles. The third kappa shape index (κ3) is 23.5. The van der Waals surface area contributed by atoms with Gasteiger partial charge in [0.15, 0.2) is 9.84 Å². The molecule has 3 N–H and O–H groups in total. The number of anilines is 5. The number of nitrogens with zero attached hydrogens (tertiary/aromatic N) is 20. The highest BCUT2D eigenvalue weighted by atomic mass is 35.5. The zero-order valence-electron chi connectivity index (χ0n) is 75.8. The molecule has 7 aliphatic heterocycles. The highest BCUT2D eigenvalue weighted by molar-refractivity contribution is 7.90. The van der Waals surface area contributed by atoms with Crippen LogP contribution in [-0.2, 0) is 86.3 Å². The van der Waals surface area contributed by atoms with E-state index in [4.69, 9.17) is 46.1 Å². The summed E-state index contributed by atoms with van der Waals surface area (Å²) in [7, 11) is -3.53. The highest BCUT2D eigenvalue weighted by Crippen LogP contribution is 2.41. The van der Waals surface area contributed by atoms with Gasteiger partial charge in [-0.25, -0.2) is 43.3 Å². The molecule has 0 amide bonds. The number of hydrogen-bond acceptors (Lipinski definition) is 31. The maximum absolute atomic E-state index is 12.5. The fraction of sp³-hybridized carbons (Fsp3) is 0.423.